The number of rotatable bonds is 1. The summed E-state index contributed by atoms with van der Waals surface area (Å²) in [5, 5.41) is 2.78. The van der Waals surface area contributed by atoms with Gasteiger partial charge in [0.15, 0.2) is 0 Å². The third kappa shape index (κ3) is 7.81. The van der Waals surface area contributed by atoms with Crippen molar-refractivity contribution >= 4 is 17.7 Å². The normalized spacial score (nSPS) is 13.4. The van der Waals surface area contributed by atoms with E-state index in [-0.39, 0.29) is 11.7 Å². The van der Waals surface area contributed by atoms with Gasteiger partial charge in [-0.25, -0.2) is 4.39 Å². The second-order valence-electron chi connectivity index (χ2n) is 4.63. The molecule has 1 fully saturated rings. The molecule has 5 heteroatoms. The molecule has 0 aromatic heterocycles. The lowest BCUT2D eigenvalue weighted by atomic mass is 10.1. The molecule has 1 aliphatic heterocycles. The molecule has 0 unspecified atom stereocenters. The molecule has 0 spiro atoms. The number of carbonyl (C=O) groups excluding carboxylic acids is 1. The van der Waals surface area contributed by atoms with Crippen molar-refractivity contribution in [1.82, 2.24) is 5.32 Å². The summed E-state index contributed by atoms with van der Waals surface area (Å²) in [6.07, 6.45) is 1.12. The van der Waals surface area contributed by atoms with Gasteiger partial charge in [-0.2, -0.15) is 11.8 Å². The number of nitrogens with two attached hydrogens (primary N) is 1. The van der Waals surface area contributed by atoms with Crippen LogP contribution in [0.3, 0.4) is 0 Å². The molecule has 124 valence electrons. The van der Waals surface area contributed by atoms with Gasteiger partial charge in [0.1, 0.15) is 5.82 Å². The first-order chi connectivity index (χ1) is 11.3. The molecule has 1 amide bonds. The van der Waals surface area contributed by atoms with Crippen molar-refractivity contribution in [3.8, 4) is 11.1 Å². The Bertz CT molecular complexity index is 551. The number of carbonyl (C=O) groups is 1. The van der Waals surface area contributed by atoms with Crippen molar-refractivity contribution in [2.45, 2.75) is 6.42 Å². The summed E-state index contributed by atoms with van der Waals surface area (Å²) < 4.78 is 12.6. The minimum atomic E-state index is -0.195. The summed E-state index contributed by atoms with van der Waals surface area (Å²) in [6.45, 7) is 0.867. The fourth-order valence-corrected chi connectivity index (χ4v) is 2.67. The molecule has 0 aliphatic carbocycles. The van der Waals surface area contributed by atoms with Crippen LogP contribution in [0.5, 0.6) is 0 Å². The number of halogens is 1. The van der Waals surface area contributed by atoms with E-state index in [2.05, 4.69) is 11.1 Å². The molecular weight excluding hydrogens is 311 g/mol. The number of thioether (sulfide) groups is 1. The lowest BCUT2D eigenvalue weighted by molar-refractivity contribution is -0.118. The van der Waals surface area contributed by atoms with Gasteiger partial charge >= 0.3 is 0 Å². The van der Waals surface area contributed by atoms with E-state index in [1.807, 2.05) is 30.3 Å². The molecule has 3 nitrogen and oxygen atoms in total. The summed E-state index contributed by atoms with van der Waals surface area (Å²) >= 11 is 1.71. The lowest BCUT2D eigenvalue weighted by Gasteiger charge is -1.99. The van der Waals surface area contributed by atoms with Crippen LogP contribution in [-0.4, -0.2) is 31.0 Å². The third-order valence-electron chi connectivity index (χ3n) is 2.97. The first-order valence-corrected chi connectivity index (χ1v) is 8.64. The fraction of sp³-hybridized carbons (Fsp3) is 0.278. The van der Waals surface area contributed by atoms with E-state index in [1.54, 1.807) is 23.9 Å². The van der Waals surface area contributed by atoms with Crippen molar-refractivity contribution < 1.29 is 9.18 Å². The second-order valence-corrected chi connectivity index (χ2v) is 5.73. The Kier molecular flexibility index (Phi) is 9.75. The summed E-state index contributed by atoms with van der Waals surface area (Å²) in [6, 6.07) is 16.4. The van der Waals surface area contributed by atoms with Gasteiger partial charge in [-0.15, -0.1) is 0 Å². The Morgan fingerprint density at radius 2 is 1.61 bits per heavy atom. The van der Waals surface area contributed by atoms with Crippen LogP contribution in [0.15, 0.2) is 54.6 Å². The lowest BCUT2D eigenvalue weighted by Crippen LogP contribution is -2.23. The number of benzene rings is 2. The van der Waals surface area contributed by atoms with Gasteiger partial charge < -0.3 is 11.1 Å². The highest BCUT2D eigenvalue weighted by molar-refractivity contribution is 7.99. The minimum Gasteiger partial charge on any atom is -0.355 e. The summed E-state index contributed by atoms with van der Waals surface area (Å²) in [5.41, 5.74) is 6.66. The predicted octanol–water partition coefficient (Wildman–Crippen LogP) is 3.31. The number of amides is 1. The van der Waals surface area contributed by atoms with E-state index < -0.39 is 0 Å². The highest BCUT2D eigenvalue weighted by Gasteiger charge is 2.03. The zero-order valence-electron chi connectivity index (χ0n) is 13.3. The van der Waals surface area contributed by atoms with Crippen molar-refractivity contribution in [2.24, 2.45) is 5.73 Å². The molecule has 3 rings (SSSR count). The largest absolute Gasteiger partial charge is 0.355 e. The maximum Gasteiger partial charge on any atom is 0.229 e. The second kappa shape index (κ2) is 11.7. The van der Waals surface area contributed by atoms with Gasteiger partial charge in [0, 0.05) is 6.54 Å². The molecule has 1 heterocycles. The highest BCUT2D eigenvalue weighted by atomic mass is 32.2. The van der Waals surface area contributed by atoms with Gasteiger partial charge in [0.25, 0.3) is 0 Å². The first kappa shape index (κ1) is 19.2. The monoisotopic (exact) mass is 334 g/mol. The van der Waals surface area contributed by atoms with Gasteiger partial charge in [-0.1, -0.05) is 42.5 Å². The number of hydrogen-bond donors (Lipinski definition) is 2. The standard InChI is InChI=1S/C12H9F.C5H9NOS.CH5N/c13-12-8-6-11(7-9-12)10-4-2-1-3-5-10;7-5-4-8-3-1-2-6-5;1-2/h1-9H;1-4H2,(H,6,7);2H2,1H3. The van der Waals surface area contributed by atoms with Crippen LogP contribution in [0.1, 0.15) is 6.42 Å². The molecule has 1 saturated heterocycles. The fourth-order valence-electron chi connectivity index (χ4n) is 1.89. The molecular formula is C18H23FN2OS. The minimum absolute atomic E-state index is 0.188. The van der Waals surface area contributed by atoms with Crippen LogP contribution in [-0.2, 0) is 4.79 Å². The zero-order valence-corrected chi connectivity index (χ0v) is 14.1. The number of nitrogens with one attached hydrogen (secondary N) is 1. The van der Waals surface area contributed by atoms with Gasteiger partial charge in [-0.05, 0) is 42.5 Å². The molecule has 0 saturated carbocycles. The number of hydrogen-bond acceptors (Lipinski definition) is 3. The van der Waals surface area contributed by atoms with E-state index in [0.29, 0.717) is 5.75 Å². The van der Waals surface area contributed by atoms with Crippen LogP contribution in [0.4, 0.5) is 4.39 Å². The molecule has 2 aromatic rings. The average Bonchev–Trinajstić information content (AvgIpc) is 2.86. The maximum atomic E-state index is 12.6. The molecule has 1 aliphatic rings. The molecule has 0 bridgehead atoms. The quantitative estimate of drug-likeness (QED) is 0.841. The van der Waals surface area contributed by atoms with Gasteiger partial charge in [0.05, 0.1) is 5.75 Å². The molecule has 23 heavy (non-hydrogen) atoms. The van der Waals surface area contributed by atoms with Crippen LogP contribution in [0.25, 0.3) is 11.1 Å². The van der Waals surface area contributed by atoms with E-state index in [9.17, 15) is 9.18 Å². The van der Waals surface area contributed by atoms with E-state index in [0.717, 1.165) is 29.8 Å². The zero-order chi connectivity index (χ0) is 16.9. The summed E-state index contributed by atoms with van der Waals surface area (Å²) in [5.74, 6) is 1.77. The van der Waals surface area contributed by atoms with Crippen molar-refractivity contribution in [3.05, 3.63) is 60.4 Å². The average molecular weight is 334 g/mol. The molecule has 3 N–H and O–H groups in total. The maximum absolute atomic E-state index is 12.6. The SMILES string of the molecule is CN.Fc1ccc(-c2ccccc2)cc1.O=C1CSCCCN1. The Morgan fingerprint density at radius 3 is 2.26 bits per heavy atom. The highest BCUT2D eigenvalue weighted by Crippen LogP contribution is 2.18. The van der Waals surface area contributed by atoms with Crippen molar-refractivity contribution in [3.63, 3.8) is 0 Å². The van der Waals surface area contributed by atoms with Crippen LogP contribution < -0.4 is 11.1 Å². The third-order valence-corrected chi connectivity index (χ3v) is 4.02. The summed E-state index contributed by atoms with van der Waals surface area (Å²) in [7, 11) is 1.50. The van der Waals surface area contributed by atoms with E-state index in [1.165, 1.54) is 19.2 Å². The molecule has 2 aromatic carbocycles. The van der Waals surface area contributed by atoms with Crippen LogP contribution in [0, 0.1) is 5.82 Å². The van der Waals surface area contributed by atoms with Crippen molar-refractivity contribution in [1.29, 1.82) is 0 Å². The topological polar surface area (TPSA) is 55.1 Å². The van der Waals surface area contributed by atoms with E-state index in [4.69, 9.17) is 0 Å². The predicted molar refractivity (Wildman–Crippen MR) is 96.9 cm³/mol. The first-order valence-electron chi connectivity index (χ1n) is 7.49. The van der Waals surface area contributed by atoms with E-state index >= 15 is 0 Å². The molecule has 0 radical (unpaired) electrons. The van der Waals surface area contributed by atoms with Gasteiger partial charge in [-0.3, -0.25) is 4.79 Å². The summed E-state index contributed by atoms with van der Waals surface area (Å²) in [4.78, 5) is 10.6. The van der Waals surface area contributed by atoms with Crippen LogP contribution in [0.2, 0.25) is 0 Å². The Labute approximate surface area is 141 Å². The van der Waals surface area contributed by atoms with Gasteiger partial charge in [0.2, 0.25) is 5.91 Å². The Balaban J connectivity index is 0.000000228. The van der Waals surface area contributed by atoms with Crippen molar-refractivity contribution in [2.75, 3.05) is 25.1 Å². The smallest absolute Gasteiger partial charge is 0.229 e. The Morgan fingerprint density at radius 1 is 1.00 bits per heavy atom. The molecule has 0 atom stereocenters. The van der Waals surface area contributed by atoms with Crippen LogP contribution >= 0.6 is 11.8 Å². The Hall–Kier alpha value is -1.85.